The van der Waals surface area contributed by atoms with E-state index in [4.69, 9.17) is 4.74 Å². The molecule has 2 fully saturated rings. The highest BCUT2D eigenvalue weighted by molar-refractivity contribution is 5.85. The molecule has 2 aromatic rings. The lowest BCUT2D eigenvalue weighted by molar-refractivity contribution is -0.134. The fourth-order valence-electron chi connectivity index (χ4n) is 4.32. The largest absolute Gasteiger partial charge is 0.453 e. The maximum absolute atomic E-state index is 14.4. The summed E-state index contributed by atoms with van der Waals surface area (Å²) in [5.74, 6) is 0.672. The van der Waals surface area contributed by atoms with E-state index in [1.165, 1.54) is 18.7 Å². The molecule has 1 saturated carbocycles. The van der Waals surface area contributed by atoms with Gasteiger partial charge in [-0.2, -0.15) is 0 Å². The van der Waals surface area contributed by atoms with E-state index in [9.17, 15) is 9.18 Å². The van der Waals surface area contributed by atoms with E-state index in [1.54, 1.807) is 30.5 Å². The van der Waals surface area contributed by atoms with Crippen LogP contribution in [0.4, 0.5) is 4.39 Å². The summed E-state index contributed by atoms with van der Waals surface area (Å²) in [6.07, 6.45) is 7.50. The SMILES string of the molecule is Cl.Cl.O=C(NCc1ccc(Oc2cccnc2)c(F)c1)[C@@]12CCCC[C@H]1CNC2. The van der Waals surface area contributed by atoms with Gasteiger partial charge >= 0.3 is 0 Å². The van der Waals surface area contributed by atoms with Crippen molar-refractivity contribution in [2.75, 3.05) is 13.1 Å². The Hall–Kier alpha value is -1.89. The van der Waals surface area contributed by atoms with Crippen molar-refractivity contribution in [2.24, 2.45) is 11.3 Å². The third-order valence-corrected chi connectivity index (χ3v) is 5.80. The van der Waals surface area contributed by atoms with Crippen LogP contribution in [0.1, 0.15) is 31.2 Å². The van der Waals surface area contributed by atoms with Gasteiger partial charge in [0.2, 0.25) is 5.91 Å². The van der Waals surface area contributed by atoms with Crippen molar-refractivity contribution in [1.29, 1.82) is 0 Å². The number of hydrogen-bond acceptors (Lipinski definition) is 4. The Labute approximate surface area is 182 Å². The van der Waals surface area contributed by atoms with Gasteiger partial charge in [0, 0.05) is 19.3 Å². The third kappa shape index (κ3) is 5.00. The minimum Gasteiger partial charge on any atom is -0.453 e. The van der Waals surface area contributed by atoms with Crippen LogP contribution in [0.2, 0.25) is 0 Å². The summed E-state index contributed by atoms with van der Waals surface area (Å²) >= 11 is 0. The predicted octanol–water partition coefficient (Wildman–Crippen LogP) is 4.25. The number of aromatic nitrogens is 1. The van der Waals surface area contributed by atoms with Crippen LogP contribution in [0.15, 0.2) is 42.7 Å². The van der Waals surface area contributed by atoms with Gasteiger partial charge in [0.15, 0.2) is 11.6 Å². The smallest absolute Gasteiger partial charge is 0.228 e. The van der Waals surface area contributed by atoms with Gasteiger partial charge in [-0.1, -0.05) is 18.9 Å². The number of amides is 1. The Morgan fingerprint density at radius 3 is 2.93 bits per heavy atom. The zero-order chi connectivity index (χ0) is 18.7. The minimum absolute atomic E-state index is 0. The maximum atomic E-state index is 14.4. The number of rotatable bonds is 5. The van der Waals surface area contributed by atoms with Crippen molar-refractivity contribution >= 4 is 30.7 Å². The Kier molecular flexibility index (Phi) is 8.25. The molecule has 4 rings (SSSR count). The van der Waals surface area contributed by atoms with Crippen LogP contribution >= 0.6 is 24.8 Å². The van der Waals surface area contributed by atoms with E-state index >= 15 is 0 Å². The first-order valence-electron chi connectivity index (χ1n) is 9.53. The van der Waals surface area contributed by atoms with Crippen LogP contribution in [0.3, 0.4) is 0 Å². The van der Waals surface area contributed by atoms with E-state index < -0.39 is 5.82 Å². The molecule has 1 amide bonds. The molecular weight excluding hydrogens is 416 g/mol. The Bertz CT molecular complexity index is 825. The van der Waals surface area contributed by atoms with Crippen LogP contribution < -0.4 is 15.4 Å². The van der Waals surface area contributed by atoms with E-state index in [0.717, 1.165) is 32.4 Å². The first kappa shape index (κ1) is 23.4. The van der Waals surface area contributed by atoms with Gasteiger partial charge < -0.3 is 15.4 Å². The molecule has 2 atom stereocenters. The lowest BCUT2D eigenvalue weighted by Crippen LogP contribution is -2.47. The molecule has 2 aliphatic rings. The lowest BCUT2D eigenvalue weighted by Gasteiger charge is -2.37. The maximum Gasteiger partial charge on any atom is 0.228 e. The monoisotopic (exact) mass is 441 g/mol. The van der Waals surface area contributed by atoms with E-state index in [2.05, 4.69) is 15.6 Å². The topological polar surface area (TPSA) is 63.2 Å². The number of halogens is 3. The van der Waals surface area contributed by atoms with Crippen LogP contribution in [0, 0.1) is 17.2 Å². The van der Waals surface area contributed by atoms with Gasteiger partial charge in [0.25, 0.3) is 0 Å². The summed E-state index contributed by atoms with van der Waals surface area (Å²) < 4.78 is 19.9. The van der Waals surface area contributed by atoms with Gasteiger partial charge in [0.05, 0.1) is 11.6 Å². The van der Waals surface area contributed by atoms with Crippen molar-refractivity contribution in [3.63, 3.8) is 0 Å². The predicted molar refractivity (Wildman–Crippen MR) is 114 cm³/mol. The molecule has 158 valence electrons. The fraction of sp³-hybridized carbons (Fsp3) is 0.429. The van der Waals surface area contributed by atoms with Crippen molar-refractivity contribution < 1.29 is 13.9 Å². The van der Waals surface area contributed by atoms with Crippen molar-refractivity contribution in [3.8, 4) is 11.5 Å². The molecule has 1 aromatic heterocycles. The zero-order valence-corrected chi connectivity index (χ0v) is 17.7. The molecule has 5 nitrogen and oxygen atoms in total. The van der Waals surface area contributed by atoms with Crippen LogP contribution in [-0.4, -0.2) is 24.0 Å². The van der Waals surface area contributed by atoms with Crippen molar-refractivity contribution in [1.82, 2.24) is 15.6 Å². The van der Waals surface area contributed by atoms with E-state index in [1.807, 2.05) is 0 Å². The number of benzene rings is 1. The van der Waals surface area contributed by atoms with Gasteiger partial charge in [0.1, 0.15) is 5.75 Å². The van der Waals surface area contributed by atoms with Crippen LogP contribution in [0.5, 0.6) is 11.5 Å². The number of nitrogens with zero attached hydrogens (tertiary/aromatic N) is 1. The normalized spacial score (nSPS) is 22.6. The number of ether oxygens (including phenoxy) is 1. The second kappa shape index (κ2) is 10.2. The highest BCUT2D eigenvalue weighted by Crippen LogP contribution is 2.43. The number of carbonyl (C=O) groups excluding carboxylic acids is 1. The number of pyridine rings is 1. The van der Waals surface area contributed by atoms with Gasteiger partial charge in [-0.05, 0) is 55.1 Å². The highest BCUT2D eigenvalue weighted by atomic mass is 35.5. The quantitative estimate of drug-likeness (QED) is 0.727. The molecule has 0 spiro atoms. The fourth-order valence-corrected chi connectivity index (χ4v) is 4.32. The molecule has 1 aliphatic carbocycles. The Morgan fingerprint density at radius 2 is 2.17 bits per heavy atom. The number of carbonyl (C=O) groups is 1. The molecule has 29 heavy (non-hydrogen) atoms. The van der Waals surface area contributed by atoms with Crippen LogP contribution in [-0.2, 0) is 11.3 Å². The summed E-state index contributed by atoms with van der Waals surface area (Å²) in [6.45, 7) is 1.98. The molecule has 0 bridgehead atoms. The standard InChI is InChI=1S/C21H24FN3O2.2ClH/c22-18-10-15(6-7-19(18)27-17-5-3-9-23-13-17)11-25-20(26)21-8-2-1-4-16(21)12-24-14-21;;/h3,5-7,9-10,13,16,24H,1-2,4,8,11-12,14H2,(H,25,26);2*1H/t16-,21+;;/m0../s1. The van der Waals surface area contributed by atoms with Crippen molar-refractivity contribution in [2.45, 2.75) is 32.2 Å². The molecule has 1 saturated heterocycles. The summed E-state index contributed by atoms with van der Waals surface area (Å²) in [7, 11) is 0. The average Bonchev–Trinajstić information content (AvgIpc) is 3.14. The Balaban J connectivity index is 0.00000150. The summed E-state index contributed by atoms with van der Waals surface area (Å²) in [5.41, 5.74) is 0.425. The van der Waals surface area contributed by atoms with Gasteiger partial charge in [-0.3, -0.25) is 9.78 Å². The molecule has 2 heterocycles. The first-order valence-corrected chi connectivity index (χ1v) is 9.53. The van der Waals surface area contributed by atoms with Gasteiger partial charge in [-0.25, -0.2) is 4.39 Å². The number of fused-ring (bicyclic) bond motifs is 1. The number of hydrogen-bond donors (Lipinski definition) is 2. The molecule has 1 aromatic carbocycles. The molecular formula is C21H26Cl2FN3O2. The Morgan fingerprint density at radius 1 is 1.31 bits per heavy atom. The summed E-state index contributed by atoms with van der Waals surface area (Å²) in [4.78, 5) is 16.8. The molecule has 2 N–H and O–H groups in total. The molecule has 8 heteroatoms. The lowest BCUT2D eigenvalue weighted by atomic mass is 9.67. The molecule has 0 radical (unpaired) electrons. The van der Waals surface area contributed by atoms with Crippen molar-refractivity contribution in [3.05, 3.63) is 54.1 Å². The summed E-state index contributed by atoms with van der Waals surface area (Å²) in [6, 6.07) is 8.22. The van der Waals surface area contributed by atoms with Gasteiger partial charge in [-0.15, -0.1) is 24.8 Å². The third-order valence-electron chi connectivity index (χ3n) is 5.80. The molecule has 1 aliphatic heterocycles. The second-order valence-corrected chi connectivity index (χ2v) is 7.47. The highest BCUT2D eigenvalue weighted by Gasteiger charge is 2.49. The minimum atomic E-state index is -0.457. The number of nitrogens with one attached hydrogen (secondary N) is 2. The first-order chi connectivity index (χ1) is 13.2. The second-order valence-electron chi connectivity index (χ2n) is 7.47. The zero-order valence-electron chi connectivity index (χ0n) is 16.0. The van der Waals surface area contributed by atoms with Crippen LogP contribution in [0.25, 0.3) is 0 Å². The van der Waals surface area contributed by atoms with E-state index in [0.29, 0.717) is 23.8 Å². The molecule has 0 unspecified atom stereocenters. The average molecular weight is 442 g/mol. The van der Waals surface area contributed by atoms with E-state index in [-0.39, 0.29) is 41.9 Å². The summed E-state index contributed by atoms with van der Waals surface area (Å²) in [5, 5.41) is 6.41.